The molecule has 0 saturated carbocycles. The minimum atomic E-state index is -1.91. The van der Waals surface area contributed by atoms with Gasteiger partial charge in [-0.25, -0.2) is 4.79 Å². The van der Waals surface area contributed by atoms with Gasteiger partial charge in [0.2, 0.25) is 0 Å². The molecule has 6 atom stereocenters. The molecule has 0 aromatic carbocycles. The minimum absolute atomic E-state index is 0.0465. The van der Waals surface area contributed by atoms with E-state index in [1.165, 1.54) is 96.3 Å². The molecule has 12 heteroatoms. The van der Waals surface area contributed by atoms with Gasteiger partial charge in [0.1, 0.15) is 18.8 Å². The SMILES string of the molecule is CCCC/C=C\CCCCCCCC(=O)OC(COC(=O)CCCCCCCCCCCCCCC)COC1OC(C(=O)O)C(O)C(O)C1OC(=O)CCCCCCCC/C=C\C/C=C\C/C=C\CCCCC. The molecule has 73 heavy (non-hydrogen) atoms. The van der Waals surface area contributed by atoms with E-state index in [0.29, 0.717) is 19.3 Å². The van der Waals surface area contributed by atoms with E-state index in [1.807, 2.05) is 0 Å². The number of carboxylic acids is 1. The molecular weight excluding hydrogens is 925 g/mol. The lowest BCUT2D eigenvalue weighted by Crippen LogP contribution is -2.61. The summed E-state index contributed by atoms with van der Waals surface area (Å²) in [6.07, 6.45) is 46.5. The number of carbonyl (C=O) groups excluding carboxylic acids is 3. The van der Waals surface area contributed by atoms with Crippen molar-refractivity contribution in [2.75, 3.05) is 13.2 Å². The molecule has 1 rings (SSSR count). The summed E-state index contributed by atoms with van der Waals surface area (Å²) in [7, 11) is 0. The fraction of sp³-hybridized carbons (Fsp3) is 0.803. The second-order valence-corrected chi connectivity index (χ2v) is 20.3. The average molecular weight is 1030 g/mol. The fourth-order valence-corrected chi connectivity index (χ4v) is 8.77. The summed E-state index contributed by atoms with van der Waals surface area (Å²) in [5, 5.41) is 31.5. The molecule has 0 radical (unpaired) electrons. The molecule has 422 valence electrons. The number of esters is 3. The van der Waals surface area contributed by atoms with Crippen molar-refractivity contribution in [2.45, 2.75) is 302 Å². The highest BCUT2D eigenvalue weighted by molar-refractivity contribution is 5.74. The summed E-state index contributed by atoms with van der Waals surface area (Å²) in [5.74, 6) is -3.13. The van der Waals surface area contributed by atoms with Crippen molar-refractivity contribution in [1.29, 1.82) is 0 Å². The maximum absolute atomic E-state index is 13.1. The molecule has 1 aliphatic heterocycles. The normalized spacial score (nSPS) is 18.6. The van der Waals surface area contributed by atoms with Crippen LogP contribution in [-0.2, 0) is 42.9 Å². The van der Waals surface area contributed by atoms with Crippen LogP contribution in [0.15, 0.2) is 48.6 Å². The lowest BCUT2D eigenvalue weighted by atomic mass is 9.98. The van der Waals surface area contributed by atoms with E-state index in [4.69, 9.17) is 23.7 Å². The van der Waals surface area contributed by atoms with Gasteiger partial charge >= 0.3 is 23.9 Å². The van der Waals surface area contributed by atoms with Crippen molar-refractivity contribution in [3.05, 3.63) is 48.6 Å². The van der Waals surface area contributed by atoms with Crippen LogP contribution in [0, 0.1) is 0 Å². The zero-order chi connectivity index (χ0) is 53.3. The summed E-state index contributed by atoms with van der Waals surface area (Å²) in [4.78, 5) is 51.0. The maximum atomic E-state index is 13.1. The number of ether oxygens (including phenoxy) is 5. The predicted molar refractivity (Wildman–Crippen MR) is 294 cm³/mol. The summed E-state index contributed by atoms with van der Waals surface area (Å²) in [6, 6.07) is 0. The van der Waals surface area contributed by atoms with Gasteiger partial charge < -0.3 is 39.0 Å². The Morgan fingerprint density at radius 2 is 0.836 bits per heavy atom. The van der Waals surface area contributed by atoms with Crippen LogP contribution in [0.2, 0.25) is 0 Å². The smallest absolute Gasteiger partial charge is 0.335 e. The number of aliphatic carboxylic acids is 1. The Hall–Kier alpha value is -3.32. The van der Waals surface area contributed by atoms with Gasteiger partial charge in [-0.05, 0) is 77.0 Å². The van der Waals surface area contributed by atoms with Gasteiger partial charge in [0.25, 0.3) is 0 Å². The maximum Gasteiger partial charge on any atom is 0.335 e. The second-order valence-electron chi connectivity index (χ2n) is 20.3. The number of hydrogen-bond donors (Lipinski definition) is 3. The molecule has 1 fully saturated rings. The first-order valence-electron chi connectivity index (χ1n) is 29.6. The van der Waals surface area contributed by atoms with Gasteiger partial charge in [0.15, 0.2) is 24.6 Å². The van der Waals surface area contributed by atoms with E-state index in [9.17, 15) is 34.5 Å². The molecule has 6 unspecified atom stereocenters. The largest absolute Gasteiger partial charge is 0.479 e. The number of carbonyl (C=O) groups is 4. The van der Waals surface area contributed by atoms with Gasteiger partial charge in [-0.3, -0.25) is 14.4 Å². The molecule has 1 aliphatic rings. The van der Waals surface area contributed by atoms with Gasteiger partial charge in [-0.1, -0.05) is 217 Å². The van der Waals surface area contributed by atoms with Crippen molar-refractivity contribution in [1.82, 2.24) is 0 Å². The Balaban J connectivity index is 2.67. The quantitative estimate of drug-likeness (QED) is 0.0228. The zero-order valence-electron chi connectivity index (χ0n) is 46.4. The van der Waals surface area contributed by atoms with Crippen molar-refractivity contribution < 1.29 is 58.2 Å². The highest BCUT2D eigenvalue weighted by Crippen LogP contribution is 2.26. The first-order chi connectivity index (χ1) is 35.6. The topological polar surface area (TPSA) is 175 Å². The van der Waals surface area contributed by atoms with Crippen LogP contribution >= 0.6 is 0 Å². The summed E-state index contributed by atoms with van der Waals surface area (Å²) < 4.78 is 28.4. The van der Waals surface area contributed by atoms with E-state index in [1.54, 1.807) is 0 Å². The van der Waals surface area contributed by atoms with Crippen LogP contribution in [0.5, 0.6) is 0 Å². The number of hydrogen-bond acceptors (Lipinski definition) is 11. The van der Waals surface area contributed by atoms with Crippen LogP contribution in [-0.4, -0.2) is 89.2 Å². The molecule has 0 aromatic rings. The third-order valence-corrected chi connectivity index (χ3v) is 13.4. The Morgan fingerprint density at radius 1 is 0.452 bits per heavy atom. The van der Waals surface area contributed by atoms with Crippen LogP contribution in [0.25, 0.3) is 0 Å². The molecule has 12 nitrogen and oxygen atoms in total. The molecule has 0 aliphatic carbocycles. The van der Waals surface area contributed by atoms with Gasteiger partial charge in [0.05, 0.1) is 6.61 Å². The standard InChI is InChI=1S/C61H106O12/c1-4-7-10-13-16-19-22-24-25-26-27-28-29-31-34-37-40-43-46-49-55(64)72-59-57(66)56(65)58(60(67)68)73-61(59)70-51-52(71-54(63)48-45-42-39-36-32-21-18-15-12-9-6-3)50-69-53(62)47-44-41-38-35-33-30-23-20-17-14-11-8-5-2/h15-16,18-19,24-25,27-28,52,56-59,61,65-66H,4-14,17,20-23,26,29-51H2,1-3H3,(H,67,68)/b18-15-,19-16-,25-24-,28-27-. The number of aliphatic hydroxyl groups is 2. The third kappa shape index (κ3) is 39.7. The lowest BCUT2D eigenvalue weighted by molar-refractivity contribution is -0.301. The Labute approximate surface area is 443 Å². The Kier molecular flexibility index (Phi) is 45.9. The molecule has 1 heterocycles. The van der Waals surface area contributed by atoms with E-state index in [2.05, 4.69) is 69.4 Å². The second kappa shape index (κ2) is 49.6. The average Bonchev–Trinajstić information content (AvgIpc) is 3.37. The van der Waals surface area contributed by atoms with E-state index < -0.39 is 67.3 Å². The van der Waals surface area contributed by atoms with Crippen molar-refractivity contribution in [3.63, 3.8) is 0 Å². The lowest BCUT2D eigenvalue weighted by Gasteiger charge is -2.40. The molecule has 0 bridgehead atoms. The third-order valence-electron chi connectivity index (χ3n) is 13.4. The van der Waals surface area contributed by atoms with Crippen LogP contribution in [0.4, 0.5) is 0 Å². The van der Waals surface area contributed by atoms with E-state index in [-0.39, 0.29) is 25.9 Å². The van der Waals surface area contributed by atoms with E-state index >= 15 is 0 Å². The van der Waals surface area contributed by atoms with Gasteiger partial charge in [-0.15, -0.1) is 0 Å². The van der Waals surface area contributed by atoms with E-state index in [0.717, 1.165) is 109 Å². The molecule has 0 spiro atoms. The molecule has 0 aromatic heterocycles. The summed E-state index contributed by atoms with van der Waals surface area (Å²) in [5.41, 5.74) is 0. The zero-order valence-corrected chi connectivity index (χ0v) is 46.4. The van der Waals surface area contributed by atoms with Crippen LogP contribution < -0.4 is 0 Å². The summed E-state index contributed by atoms with van der Waals surface area (Å²) in [6.45, 7) is 5.92. The summed E-state index contributed by atoms with van der Waals surface area (Å²) >= 11 is 0. The van der Waals surface area contributed by atoms with Crippen molar-refractivity contribution in [2.24, 2.45) is 0 Å². The predicted octanol–water partition coefficient (Wildman–Crippen LogP) is 15.0. The Bertz CT molecular complexity index is 1460. The van der Waals surface area contributed by atoms with Gasteiger partial charge in [0, 0.05) is 19.3 Å². The van der Waals surface area contributed by atoms with Crippen LogP contribution in [0.1, 0.15) is 265 Å². The first kappa shape index (κ1) is 67.7. The highest BCUT2D eigenvalue weighted by Gasteiger charge is 2.50. The highest BCUT2D eigenvalue weighted by atomic mass is 16.7. The van der Waals surface area contributed by atoms with Crippen LogP contribution in [0.3, 0.4) is 0 Å². The number of carboxylic acid groups (broad SMARTS) is 1. The number of rotatable bonds is 50. The number of aliphatic hydroxyl groups excluding tert-OH is 2. The first-order valence-corrected chi connectivity index (χ1v) is 29.6. The minimum Gasteiger partial charge on any atom is -0.479 e. The van der Waals surface area contributed by atoms with Gasteiger partial charge in [-0.2, -0.15) is 0 Å². The molecule has 3 N–H and O–H groups in total. The monoisotopic (exact) mass is 1030 g/mol. The van der Waals surface area contributed by atoms with Crippen molar-refractivity contribution >= 4 is 23.9 Å². The molecular formula is C61H106O12. The van der Waals surface area contributed by atoms with Crippen molar-refractivity contribution in [3.8, 4) is 0 Å². The number of allylic oxidation sites excluding steroid dienone is 8. The molecule has 1 saturated heterocycles. The Morgan fingerprint density at radius 3 is 1.33 bits per heavy atom. The molecule has 0 amide bonds. The number of unbranched alkanes of at least 4 members (excludes halogenated alkanes) is 28. The fourth-order valence-electron chi connectivity index (χ4n) is 8.77.